The Morgan fingerprint density at radius 2 is 1.65 bits per heavy atom. The fourth-order valence-electron chi connectivity index (χ4n) is 3.96. The van der Waals surface area contributed by atoms with Crippen LogP contribution in [0.2, 0.25) is 0 Å². The van der Waals surface area contributed by atoms with Crippen molar-refractivity contribution in [1.82, 2.24) is 9.88 Å². The van der Waals surface area contributed by atoms with E-state index in [2.05, 4.69) is 79.7 Å². The van der Waals surface area contributed by atoms with E-state index in [1.807, 2.05) is 11.8 Å². The number of hydrogen-bond acceptors (Lipinski definition) is 3. The monoisotopic (exact) mass is 362 g/mol. The fraction of sp³-hybridized carbons (Fsp3) is 0.348. The third-order valence-electron chi connectivity index (χ3n) is 5.37. The zero-order valence-corrected chi connectivity index (χ0v) is 16.4. The summed E-state index contributed by atoms with van der Waals surface area (Å²) < 4.78 is 0. The summed E-state index contributed by atoms with van der Waals surface area (Å²) in [7, 11) is 4.44. The van der Waals surface area contributed by atoms with Gasteiger partial charge in [0.2, 0.25) is 0 Å². The third kappa shape index (κ3) is 3.65. The van der Waals surface area contributed by atoms with Crippen LogP contribution in [0.3, 0.4) is 0 Å². The molecule has 1 saturated carbocycles. The van der Waals surface area contributed by atoms with Gasteiger partial charge in [-0.15, -0.1) is 11.8 Å². The SMILES string of the molecule is CN(C)[C@@H]1CCCC[C@H]1Sc1nc2ccccc2cc1-c1ccccc1. The molecule has 1 aromatic heterocycles. The Bertz CT molecular complexity index is 876. The van der Waals surface area contributed by atoms with Crippen LogP contribution in [-0.4, -0.2) is 35.3 Å². The molecule has 0 unspecified atom stereocenters. The number of para-hydroxylation sites is 1. The average molecular weight is 363 g/mol. The first-order valence-corrected chi connectivity index (χ1v) is 10.4. The van der Waals surface area contributed by atoms with Crippen LogP contribution in [0, 0.1) is 0 Å². The lowest BCUT2D eigenvalue weighted by molar-refractivity contribution is 0.236. The molecule has 2 atom stereocenters. The quantitative estimate of drug-likeness (QED) is 0.578. The number of thioether (sulfide) groups is 1. The van der Waals surface area contributed by atoms with E-state index >= 15 is 0 Å². The van der Waals surface area contributed by atoms with Crippen LogP contribution in [0.15, 0.2) is 65.7 Å². The molecule has 3 heteroatoms. The van der Waals surface area contributed by atoms with Gasteiger partial charge in [-0.25, -0.2) is 4.98 Å². The molecule has 2 aromatic carbocycles. The molecule has 0 saturated heterocycles. The first-order valence-electron chi connectivity index (χ1n) is 9.50. The second-order valence-corrected chi connectivity index (χ2v) is 8.60. The highest BCUT2D eigenvalue weighted by atomic mass is 32.2. The second kappa shape index (κ2) is 7.81. The van der Waals surface area contributed by atoms with E-state index in [1.165, 1.54) is 47.2 Å². The summed E-state index contributed by atoms with van der Waals surface area (Å²) in [5.41, 5.74) is 3.61. The molecule has 1 aliphatic rings. The van der Waals surface area contributed by atoms with Gasteiger partial charge in [0, 0.05) is 22.2 Å². The largest absolute Gasteiger partial charge is 0.305 e. The molecule has 4 rings (SSSR count). The van der Waals surface area contributed by atoms with Gasteiger partial charge in [0.05, 0.1) is 5.52 Å². The molecule has 0 radical (unpaired) electrons. The minimum Gasteiger partial charge on any atom is -0.305 e. The first kappa shape index (κ1) is 17.6. The van der Waals surface area contributed by atoms with E-state index < -0.39 is 0 Å². The lowest BCUT2D eigenvalue weighted by atomic mass is 9.94. The molecule has 1 aliphatic carbocycles. The van der Waals surface area contributed by atoms with Crippen LogP contribution >= 0.6 is 11.8 Å². The summed E-state index contributed by atoms with van der Waals surface area (Å²) in [5.74, 6) is 0. The zero-order valence-electron chi connectivity index (χ0n) is 15.6. The van der Waals surface area contributed by atoms with E-state index in [0.29, 0.717) is 11.3 Å². The van der Waals surface area contributed by atoms with E-state index in [1.54, 1.807) is 0 Å². The highest BCUT2D eigenvalue weighted by Gasteiger charge is 2.28. The van der Waals surface area contributed by atoms with E-state index in [-0.39, 0.29) is 0 Å². The minimum absolute atomic E-state index is 0.606. The molecule has 134 valence electrons. The Kier molecular flexibility index (Phi) is 5.28. The van der Waals surface area contributed by atoms with E-state index in [0.717, 1.165) is 5.52 Å². The Morgan fingerprint density at radius 1 is 0.923 bits per heavy atom. The molecular weight excluding hydrogens is 336 g/mol. The van der Waals surface area contributed by atoms with Crippen molar-refractivity contribution < 1.29 is 0 Å². The van der Waals surface area contributed by atoms with Gasteiger partial charge in [-0.2, -0.15) is 0 Å². The van der Waals surface area contributed by atoms with Gasteiger partial charge < -0.3 is 4.90 Å². The molecule has 0 aliphatic heterocycles. The molecule has 26 heavy (non-hydrogen) atoms. The van der Waals surface area contributed by atoms with Crippen molar-refractivity contribution in [3.63, 3.8) is 0 Å². The zero-order chi connectivity index (χ0) is 17.9. The highest BCUT2D eigenvalue weighted by molar-refractivity contribution is 8.00. The maximum absolute atomic E-state index is 5.08. The van der Waals surface area contributed by atoms with Crippen LogP contribution in [0.4, 0.5) is 0 Å². The van der Waals surface area contributed by atoms with Crippen LogP contribution in [0.25, 0.3) is 22.0 Å². The number of fused-ring (bicyclic) bond motifs is 1. The van der Waals surface area contributed by atoms with Gasteiger partial charge in [0.1, 0.15) is 5.03 Å². The summed E-state index contributed by atoms with van der Waals surface area (Å²) in [4.78, 5) is 7.49. The molecular formula is C23H26N2S. The Balaban J connectivity index is 1.77. The van der Waals surface area contributed by atoms with Crippen molar-refractivity contribution in [3.8, 4) is 11.1 Å². The van der Waals surface area contributed by atoms with E-state index in [9.17, 15) is 0 Å². The Labute approximate surface area is 160 Å². The summed E-state index contributed by atoms with van der Waals surface area (Å²) in [6.45, 7) is 0. The smallest absolute Gasteiger partial charge is 0.105 e. The van der Waals surface area contributed by atoms with Gasteiger partial charge in [0.25, 0.3) is 0 Å². The molecule has 1 fully saturated rings. The number of pyridine rings is 1. The third-order valence-corrected chi connectivity index (χ3v) is 6.75. The van der Waals surface area contributed by atoms with Crippen molar-refractivity contribution in [1.29, 1.82) is 0 Å². The van der Waals surface area contributed by atoms with Crippen molar-refractivity contribution >= 4 is 22.7 Å². The van der Waals surface area contributed by atoms with Crippen LogP contribution in [0.5, 0.6) is 0 Å². The summed E-state index contributed by atoms with van der Waals surface area (Å²) in [6.07, 6.45) is 5.24. The molecule has 0 N–H and O–H groups in total. The summed E-state index contributed by atoms with van der Waals surface area (Å²) in [5, 5.41) is 2.99. The predicted octanol–water partition coefficient (Wildman–Crippen LogP) is 5.87. The molecule has 0 spiro atoms. The van der Waals surface area contributed by atoms with Crippen molar-refractivity contribution in [2.75, 3.05) is 14.1 Å². The number of benzene rings is 2. The van der Waals surface area contributed by atoms with Gasteiger partial charge in [0.15, 0.2) is 0 Å². The summed E-state index contributed by atoms with van der Waals surface area (Å²) in [6, 6.07) is 22.1. The van der Waals surface area contributed by atoms with Crippen LogP contribution < -0.4 is 0 Å². The predicted molar refractivity (Wildman–Crippen MR) is 113 cm³/mol. The van der Waals surface area contributed by atoms with Crippen LogP contribution in [-0.2, 0) is 0 Å². The molecule has 2 nitrogen and oxygen atoms in total. The maximum atomic E-state index is 5.08. The van der Waals surface area contributed by atoms with Crippen molar-refractivity contribution in [3.05, 3.63) is 60.7 Å². The van der Waals surface area contributed by atoms with Crippen molar-refractivity contribution in [2.24, 2.45) is 0 Å². The normalized spacial score (nSPS) is 20.6. The van der Waals surface area contributed by atoms with Gasteiger partial charge >= 0.3 is 0 Å². The molecule has 3 aromatic rings. The molecule has 0 bridgehead atoms. The molecule has 1 heterocycles. The van der Waals surface area contributed by atoms with Crippen LogP contribution in [0.1, 0.15) is 25.7 Å². The highest BCUT2D eigenvalue weighted by Crippen LogP contribution is 2.40. The summed E-state index contributed by atoms with van der Waals surface area (Å²) >= 11 is 1.98. The van der Waals surface area contributed by atoms with Gasteiger partial charge in [-0.1, -0.05) is 61.4 Å². The second-order valence-electron chi connectivity index (χ2n) is 7.37. The topological polar surface area (TPSA) is 16.1 Å². The lowest BCUT2D eigenvalue weighted by Crippen LogP contribution is -2.39. The average Bonchev–Trinajstić information content (AvgIpc) is 2.68. The first-order chi connectivity index (χ1) is 12.7. The number of hydrogen-bond donors (Lipinski definition) is 0. The number of nitrogens with zero attached hydrogens (tertiary/aromatic N) is 2. The van der Waals surface area contributed by atoms with Gasteiger partial charge in [-0.05, 0) is 44.6 Å². The number of rotatable bonds is 4. The lowest BCUT2D eigenvalue weighted by Gasteiger charge is -2.35. The maximum Gasteiger partial charge on any atom is 0.105 e. The standard InChI is InChI=1S/C23H26N2S/c1-25(2)21-14-8-9-15-22(21)26-23-19(17-10-4-3-5-11-17)16-18-12-6-7-13-20(18)24-23/h3-7,10-13,16,21-22H,8-9,14-15H2,1-2H3/t21-,22-/m1/s1. The minimum atomic E-state index is 0.606. The van der Waals surface area contributed by atoms with E-state index in [4.69, 9.17) is 4.98 Å². The fourth-order valence-corrected chi connectivity index (χ4v) is 5.52. The molecule has 0 amide bonds. The Morgan fingerprint density at radius 3 is 2.46 bits per heavy atom. The van der Waals surface area contributed by atoms with Crippen molar-refractivity contribution in [2.45, 2.75) is 42.0 Å². The van der Waals surface area contributed by atoms with Gasteiger partial charge in [-0.3, -0.25) is 0 Å². The number of aromatic nitrogens is 1. The Hall–Kier alpha value is -1.84.